The summed E-state index contributed by atoms with van der Waals surface area (Å²) in [6.07, 6.45) is 0.826. The second-order valence-corrected chi connectivity index (χ2v) is 5.56. The molecule has 15 heavy (non-hydrogen) atoms. The molecular formula is C10H8O3S2. The maximum atomic E-state index is 10.9. The van der Waals surface area contributed by atoms with E-state index in [0.717, 1.165) is 26.8 Å². The first-order valence-corrected chi connectivity index (χ1v) is 5.90. The van der Waals surface area contributed by atoms with Gasteiger partial charge in [-0.15, -0.1) is 22.7 Å². The van der Waals surface area contributed by atoms with Gasteiger partial charge in [0.05, 0.1) is 8.89 Å². The lowest BCUT2D eigenvalue weighted by molar-refractivity contribution is 0.0701. The quantitative estimate of drug-likeness (QED) is 0.821. The number of thiophene rings is 2. The van der Waals surface area contributed by atoms with Gasteiger partial charge in [-0.05, 0) is 25.0 Å². The van der Waals surface area contributed by atoms with Crippen LogP contribution in [0.1, 0.15) is 30.5 Å². The summed E-state index contributed by atoms with van der Waals surface area (Å²) in [5.41, 5.74) is 1.66. The fourth-order valence-electron chi connectivity index (χ4n) is 1.61. The predicted molar refractivity (Wildman–Crippen MR) is 61.5 cm³/mol. The molecule has 0 aliphatic carbocycles. The topological polar surface area (TPSA) is 54.4 Å². The molecule has 2 heterocycles. The summed E-state index contributed by atoms with van der Waals surface area (Å²) in [5, 5.41) is 9.88. The first-order valence-electron chi connectivity index (χ1n) is 4.27. The third-order valence-electron chi connectivity index (χ3n) is 2.36. The van der Waals surface area contributed by atoms with Crippen LogP contribution >= 0.6 is 22.7 Å². The van der Waals surface area contributed by atoms with E-state index >= 15 is 0 Å². The predicted octanol–water partition coefficient (Wildman–Crippen LogP) is 3.09. The Morgan fingerprint density at radius 1 is 1.27 bits per heavy atom. The third kappa shape index (κ3) is 1.39. The Balaban J connectivity index is 2.82. The van der Waals surface area contributed by atoms with Crippen molar-refractivity contribution in [3.63, 3.8) is 0 Å². The molecule has 0 radical (unpaired) electrons. The van der Waals surface area contributed by atoms with E-state index in [9.17, 15) is 9.59 Å². The van der Waals surface area contributed by atoms with Gasteiger partial charge in [0.2, 0.25) is 0 Å². The standard InChI is InChI=1S/C10H8O3S2/c1-4-6(3-11)14-10-7(4)5(2)8(15-10)9(12)13/h3H,1-2H3,(H,12,13). The molecule has 0 atom stereocenters. The van der Waals surface area contributed by atoms with Crippen molar-refractivity contribution in [1.82, 2.24) is 0 Å². The first kappa shape index (κ1) is 10.3. The van der Waals surface area contributed by atoms with Crippen LogP contribution in [0.4, 0.5) is 0 Å². The molecule has 3 nitrogen and oxygen atoms in total. The van der Waals surface area contributed by atoms with Crippen molar-refractivity contribution < 1.29 is 14.7 Å². The first-order chi connectivity index (χ1) is 7.06. The second-order valence-electron chi connectivity index (χ2n) is 3.23. The van der Waals surface area contributed by atoms with E-state index < -0.39 is 5.97 Å². The Bertz CT molecular complexity index is 563. The van der Waals surface area contributed by atoms with Gasteiger partial charge >= 0.3 is 5.97 Å². The molecule has 0 unspecified atom stereocenters. The molecule has 0 saturated heterocycles. The van der Waals surface area contributed by atoms with Crippen molar-refractivity contribution >= 4 is 44.3 Å². The molecule has 5 heteroatoms. The van der Waals surface area contributed by atoms with Crippen LogP contribution in [0.15, 0.2) is 0 Å². The van der Waals surface area contributed by atoms with Gasteiger partial charge in [-0.2, -0.15) is 0 Å². The van der Waals surface area contributed by atoms with Gasteiger partial charge in [-0.25, -0.2) is 4.79 Å². The molecule has 0 saturated carbocycles. The summed E-state index contributed by atoms with van der Waals surface area (Å²) in [7, 11) is 0. The Morgan fingerprint density at radius 2 is 1.93 bits per heavy atom. The summed E-state index contributed by atoms with van der Waals surface area (Å²) in [4.78, 5) is 22.7. The van der Waals surface area contributed by atoms with Crippen LogP contribution in [-0.4, -0.2) is 17.4 Å². The largest absolute Gasteiger partial charge is 0.477 e. The van der Waals surface area contributed by atoms with Crippen LogP contribution in [0.2, 0.25) is 0 Å². The second kappa shape index (κ2) is 3.43. The number of carboxylic acid groups (broad SMARTS) is 1. The normalized spacial score (nSPS) is 10.8. The van der Waals surface area contributed by atoms with Crippen molar-refractivity contribution in [2.75, 3.05) is 0 Å². The van der Waals surface area contributed by atoms with Crippen LogP contribution in [0.5, 0.6) is 0 Å². The number of hydrogen-bond acceptors (Lipinski definition) is 4. The monoisotopic (exact) mass is 240 g/mol. The highest BCUT2D eigenvalue weighted by molar-refractivity contribution is 7.39. The average Bonchev–Trinajstić information content (AvgIpc) is 2.65. The summed E-state index contributed by atoms with van der Waals surface area (Å²) in [6.45, 7) is 3.64. The molecular weight excluding hydrogens is 232 g/mol. The number of aryl methyl sites for hydroxylation is 2. The van der Waals surface area contributed by atoms with E-state index in [4.69, 9.17) is 5.11 Å². The highest BCUT2D eigenvalue weighted by Crippen LogP contribution is 2.39. The molecule has 2 aromatic rings. The molecule has 0 bridgehead atoms. The van der Waals surface area contributed by atoms with E-state index in [0.29, 0.717) is 9.75 Å². The van der Waals surface area contributed by atoms with E-state index in [-0.39, 0.29) is 0 Å². The summed E-state index contributed by atoms with van der Waals surface area (Å²) < 4.78 is 0.921. The smallest absolute Gasteiger partial charge is 0.346 e. The maximum absolute atomic E-state index is 10.9. The Labute approximate surface area is 94.0 Å². The Hall–Kier alpha value is -1.20. The lowest BCUT2D eigenvalue weighted by atomic mass is 10.1. The fourth-order valence-corrected chi connectivity index (χ4v) is 4.14. The number of carboxylic acids is 1. The van der Waals surface area contributed by atoms with Gasteiger partial charge in [0.15, 0.2) is 6.29 Å². The van der Waals surface area contributed by atoms with E-state index in [1.165, 1.54) is 22.7 Å². The van der Waals surface area contributed by atoms with Crippen LogP contribution in [0.3, 0.4) is 0 Å². The van der Waals surface area contributed by atoms with Gasteiger partial charge in [0, 0.05) is 5.39 Å². The highest BCUT2D eigenvalue weighted by Gasteiger charge is 2.19. The van der Waals surface area contributed by atoms with Gasteiger partial charge in [0.1, 0.15) is 4.88 Å². The number of fused-ring (bicyclic) bond motifs is 1. The molecule has 0 aliphatic heterocycles. The molecule has 0 spiro atoms. The Morgan fingerprint density at radius 3 is 2.40 bits per heavy atom. The Kier molecular flexibility index (Phi) is 2.36. The number of carbonyl (C=O) groups is 2. The van der Waals surface area contributed by atoms with Crippen LogP contribution < -0.4 is 0 Å². The van der Waals surface area contributed by atoms with E-state index in [1.54, 1.807) is 6.92 Å². The maximum Gasteiger partial charge on any atom is 0.346 e. The zero-order valence-electron chi connectivity index (χ0n) is 8.16. The lowest BCUT2D eigenvalue weighted by Gasteiger charge is -1.93. The van der Waals surface area contributed by atoms with Gasteiger partial charge < -0.3 is 5.11 Å². The van der Waals surface area contributed by atoms with Crippen molar-refractivity contribution in [3.05, 3.63) is 20.9 Å². The molecule has 1 N–H and O–H groups in total. The molecule has 0 aromatic carbocycles. The molecule has 0 amide bonds. The molecule has 2 rings (SSSR count). The average molecular weight is 240 g/mol. The van der Waals surface area contributed by atoms with Gasteiger partial charge in [-0.1, -0.05) is 0 Å². The molecule has 0 fully saturated rings. The van der Waals surface area contributed by atoms with Crippen molar-refractivity contribution in [1.29, 1.82) is 0 Å². The van der Waals surface area contributed by atoms with Gasteiger partial charge in [-0.3, -0.25) is 4.79 Å². The summed E-state index contributed by atoms with van der Waals surface area (Å²) in [6, 6.07) is 0. The number of aromatic carboxylic acids is 1. The van der Waals surface area contributed by atoms with Crippen LogP contribution in [-0.2, 0) is 0 Å². The number of rotatable bonds is 2. The minimum Gasteiger partial charge on any atom is -0.477 e. The molecule has 2 aromatic heterocycles. The molecule has 0 aliphatic rings. The van der Waals surface area contributed by atoms with Crippen molar-refractivity contribution in [2.45, 2.75) is 13.8 Å². The minimum atomic E-state index is -0.895. The zero-order chi connectivity index (χ0) is 11.2. The molecule has 78 valence electrons. The number of aldehydes is 1. The highest BCUT2D eigenvalue weighted by atomic mass is 32.2. The zero-order valence-corrected chi connectivity index (χ0v) is 9.79. The summed E-state index contributed by atoms with van der Waals surface area (Å²) in [5.74, 6) is -0.895. The fraction of sp³-hybridized carbons (Fsp3) is 0.200. The minimum absolute atomic E-state index is 0.372. The van der Waals surface area contributed by atoms with E-state index in [2.05, 4.69) is 0 Å². The summed E-state index contributed by atoms with van der Waals surface area (Å²) >= 11 is 2.61. The number of carbonyl (C=O) groups excluding carboxylic acids is 1. The SMILES string of the molecule is Cc1c(C=O)sc2sc(C(=O)O)c(C)c12. The van der Waals surface area contributed by atoms with Crippen LogP contribution in [0.25, 0.3) is 9.40 Å². The van der Waals surface area contributed by atoms with Crippen molar-refractivity contribution in [3.8, 4) is 0 Å². The number of hydrogen-bond donors (Lipinski definition) is 1. The van der Waals surface area contributed by atoms with E-state index in [1.807, 2.05) is 6.92 Å². The van der Waals surface area contributed by atoms with Gasteiger partial charge in [0.25, 0.3) is 0 Å². The third-order valence-corrected chi connectivity index (χ3v) is 4.95. The van der Waals surface area contributed by atoms with Crippen molar-refractivity contribution in [2.24, 2.45) is 0 Å². The lowest BCUT2D eigenvalue weighted by Crippen LogP contribution is -1.94. The van der Waals surface area contributed by atoms with Crippen LogP contribution in [0, 0.1) is 13.8 Å².